The summed E-state index contributed by atoms with van der Waals surface area (Å²) in [5.74, 6) is -0.230. The molecule has 0 aromatic carbocycles. The van der Waals surface area contributed by atoms with Crippen LogP contribution in [0.25, 0.3) is 0 Å². The van der Waals surface area contributed by atoms with Crippen LogP contribution in [0.15, 0.2) is 16.8 Å². The van der Waals surface area contributed by atoms with Crippen LogP contribution in [0, 0.1) is 0 Å². The third-order valence-electron chi connectivity index (χ3n) is 2.34. The number of nitrogens with one attached hydrogen (secondary N) is 2. The molecule has 0 aliphatic rings. The summed E-state index contributed by atoms with van der Waals surface area (Å²) in [6, 6.07) is 1.54. The van der Waals surface area contributed by atoms with E-state index in [1.165, 1.54) is 0 Å². The number of carbonyl (C=O) groups is 2. The molecule has 0 saturated heterocycles. The van der Waals surface area contributed by atoms with E-state index < -0.39 is 6.04 Å². The second kappa shape index (κ2) is 7.06. The first kappa shape index (κ1) is 13.7. The number of rotatable bonds is 6. The average Bonchev–Trinajstić information content (AvgIpc) is 2.79. The van der Waals surface area contributed by atoms with Crippen LogP contribution in [0.4, 0.5) is 0 Å². The monoisotopic (exact) mass is 254 g/mol. The maximum Gasteiger partial charge on any atom is 0.242 e. The van der Waals surface area contributed by atoms with Gasteiger partial charge < -0.3 is 10.6 Å². The van der Waals surface area contributed by atoms with Crippen molar-refractivity contribution in [3.05, 3.63) is 22.4 Å². The molecule has 2 N–H and O–H groups in total. The van der Waals surface area contributed by atoms with Gasteiger partial charge in [-0.15, -0.1) is 0 Å². The topological polar surface area (TPSA) is 58.2 Å². The van der Waals surface area contributed by atoms with Crippen molar-refractivity contribution in [2.75, 3.05) is 6.54 Å². The summed E-state index contributed by atoms with van der Waals surface area (Å²) < 4.78 is 0. The zero-order chi connectivity index (χ0) is 12.7. The molecule has 0 aliphatic carbocycles. The van der Waals surface area contributed by atoms with Crippen LogP contribution in [-0.4, -0.2) is 24.4 Å². The molecule has 0 spiro atoms. The van der Waals surface area contributed by atoms with Crippen LogP contribution in [0.1, 0.15) is 25.8 Å². The van der Waals surface area contributed by atoms with E-state index in [4.69, 9.17) is 0 Å². The third kappa shape index (κ3) is 4.99. The lowest BCUT2D eigenvalue weighted by Crippen LogP contribution is -2.44. The maximum absolute atomic E-state index is 11.6. The molecular weight excluding hydrogens is 236 g/mol. The Morgan fingerprint density at radius 3 is 2.82 bits per heavy atom. The van der Waals surface area contributed by atoms with Gasteiger partial charge in [-0.2, -0.15) is 11.3 Å². The van der Waals surface area contributed by atoms with Crippen molar-refractivity contribution in [2.45, 2.75) is 32.7 Å². The van der Waals surface area contributed by atoms with Crippen LogP contribution in [0.2, 0.25) is 0 Å². The number of aryl methyl sites for hydroxylation is 1. The van der Waals surface area contributed by atoms with Crippen molar-refractivity contribution >= 4 is 23.2 Å². The Kier molecular flexibility index (Phi) is 5.69. The highest BCUT2D eigenvalue weighted by Gasteiger charge is 2.14. The standard InChI is InChI=1S/C12H18N2O2S/c1-3-13-12(16)9(2)14-11(15)5-4-10-6-7-17-8-10/h6-9H,3-5H2,1-2H3,(H,13,16)(H,14,15). The van der Waals surface area contributed by atoms with E-state index in [2.05, 4.69) is 10.6 Å². The molecule has 0 aliphatic heterocycles. The summed E-state index contributed by atoms with van der Waals surface area (Å²) in [5.41, 5.74) is 1.16. The van der Waals surface area contributed by atoms with E-state index in [9.17, 15) is 9.59 Å². The molecule has 0 saturated carbocycles. The Balaban J connectivity index is 2.27. The first-order chi connectivity index (χ1) is 8.13. The highest BCUT2D eigenvalue weighted by Crippen LogP contribution is 2.08. The summed E-state index contributed by atoms with van der Waals surface area (Å²) in [6.07, 6.45) is 1.14. The summed E-state index contributed by atoms with van der Waals surface area (Å²) in [7, 11) is 0. The lowest BCUT2D eigenvalue weighted by molar-refractivity contribution is -0.128. The molecule has 94 valence electrons. The Hall–Kier alpha value is -1.36. The molecule has 0 fully saturated rings. The number of thiophene rings is 1. The van der Waals surface area contributed by atoms with Gasteiger partial charge in [-0.25, -0.2) is 0 Å². The zero-order valence-electron chi connectivity index (χ0n) is 10.2. The molecule has 1 unspecified atom stereocenters. The van der Waals surface area contributed by atoms with Crippen LogP contribution in [-0.2, 0) is 16.0 Å². The molecule has 4 nitrogen and oxygen atoms in total. The molecule has 2 amide bonds. The van der Waals surface area contributed by atoms with Gasteiger partial charge in [0.25, 0.3) is 0 Å². The molecule has 1 aromatic heterocycles. The van der Waals surface area contributed by atoms with Gasteiger partial charge in [0.05, 0.1) is 0 Å². The predicted octanol–water partition coefficient (Wildman–Crippen LogP) is 1.32. The smallest absolute Gasteiger partial charge is 0.242 e. The summed E-state index contributed by atoms with van der Waals surface area (Å²) in [5, 5.41) is 9.37. The third-order valence-corrected chi connectivity index (χ3v) is 3.07. The molecule has 0 bridgehead atoms. The van der Waals surface area contributed by atoms with Crippen molar-refractivity contribution in [1.82, 2.24) is 10.6 Å². The number of hydrogen-bond donors (Lipinski definition) is 2. The number of hydrogen-bond acceptors (Lipinski definition) is 3. The number of carbonyl (C=O) groups excluding carboxylic acids is 2. The lowest BCUT2D eigenvalue weighted by Gasteiger charge is -2.12. The van der Waals surface area contributed by atoms with Gasteiger partial charge in [-0.1, -0.05) is 0 Å². The van der Waals surface area contributed by atoms with Crippen molar-refractivity contribution < 1.29 is 9.59 Å². The highest BCUT2D eigenvalue weighted by molar-refractivity contribution is 7.07. The van der Waals surface area contributed by atoms with E-state index in [0.29, 0.717) is 13.0 Å². The van der Waals surface area contributed by atoms with Gasteiger partial charge in [0, 0.05) is 13.0 Å². The van der Waals surface area contributed by atoms with E-state index in [0.717, 1.165) is 12.0 Å². The summed E-state index contributed by atoms with van der Waals surface area (Å²) >= 11 is 1.62. The maximum atomic E-state index is 11.6. The van der Waals surface area contributed by atoms with Crippen molar-refractivity contribution in [1.29, 1.82) is 0 Å². The zero-order valence-corrected chi connectivity index (χ0v) is 11.0. The van der Waals surface area contributed by atoms with Crippen molar-refractivity contribution in [2.24, 2.45) is 0 Å². The molecular formula is C12H18N2O2S. The van der Waals surface area contributed by atoms with Crippen LogP contribution in [0.5, 0.6) is 0 Å². The lowest BCUT2D eigenvalue weighted by atomic mass is 10.2. The van der Waals surface area contributed by atoms with Gasteiger partial charge in [-0.05, 0) is 42.7 Å². The van der Waals surface area contributed by atoms with E-state index in [1.807, 2.05) is 23.8 Å². The minimum absolute atomic E-state index is 0.0880. The number of likely N-dealkylation sites (N-methyl/N-ethyl adjacent to an activating group) is 1. The molecule has 0 radical (unpaired) electrons. The quantitative estimate of drug-likeness (QED) is 0.804. The average molecular weight is 254 g/mol. The van der Waals surface area contributed by atoms with Crippen LogP contribution < -0.4 is 10.6 Å². The van der Waals surface area contributed by atoms with Gasteiger partial charge in [-0.3, -0.25) is 9.59 Å². The normalized spacial score (nSPS) is 11.9. The molecule has 5 heteroatoms. The first-order valence-electron chi connectivity index (χ1n) is 5.71. The summed E-state index contributed by atoms with van der Waals surface area (Å²) in [4.78, 5) is 23.0. The van der Waals surface area contributed by atoms with Gasteiger partial charge in [0.1, 0.15) is 6.04 Å². The van der Waals surface area contributed by atoms with E-state index >= 15 is 0 Å². The van der Waals surface area contributed by atoms with Crippen LogP contribution >= 0.6 is 11.3 Å². The van der Waals surface area contributed by atoms with Gasteiger partial charge in [0.2, 0.25) is 11.8 Å². The second-order valence-electron chi connectivity index (χ2n) is 3.82. The van der Waals surface area contributed by atoms with Gasteiger partial charge >= 0.3 is 0 Å². The second-order valence-corrected chi connectivity index (χ2v) is 4.60. The molecule has 1 atom stereocenters. The molecule has 17 heavy (non-hydrogen) atoms. The van der Waals surface area contributed by atoms with Crippen LogP contribution in [0.3, 0.4) is 0 Å². The largest absolute Gasteiger partial charge is 0.355 e. The predicted molar refractivity (Wildman–Crippen MR) is 68.9 cm³/mol. The fraction of sp³-hybridized carbons (Fsp3) is 0.500. The fourth-order valence-electron chi connectivity index (χ4n) is 1.40. The van der Waals surface area contributed by atoms with E-state index in [-0.39, 0.29) is 11.8 Å². The summed E-state index contributed by atoms with van der Waals surface area (Å²) in [6.45, 7) is 4.12. The number of amides is 2. The molecule has 1 heterocycles. The highest BCUT2D eigenvalue weighted by atomic mass is 32.1. The fourth-order valence-corrected chi connectivity index (χ4v) is 2.10. The Morgan fingerprint density at radius 2 is 2.24 bits per heavy atom. The first-order valence-corrected chi connectivity index (χ1v) is 6.66. The SMILES string of the molecule is CCNC(=O)C(C)NC(=O)CCc1ccsc1. The molecule has 1 aromatic rings. The van der Waals surface area contributed by atoms with Gasteiger partial charge in [0.15, 0.2) is 0 Å². The molecule has 1 rings (SSSR count). The minimum atomic E-state index is -0.468. The minimum Gasteiger partial charge on any atom is -0.355 e. The van der Waals surface area contributed by atoms with E-state index in [1.54, 1.807) is 18.3 Å². The van der Waals surface area contributed by atoms with Crippen molar-refractivity contribution in [3.8, 4) is 0 Å². The Morgan fingerprint density at radius 1 is 1.47 bits per heavy atom. The Labute approximate surface area is 105 Å². The van der Waals surface area contributed by atoms with Crippen molar-refractivity contribution in [3.63, 3.8) is 0 Å². The Bertz CT molecular complexity index is 363.